The molecule has 0 unspecified atom stereocenters. The van der Waals surface area contributed by atoms with E-state index in [1.54, 1.807) is 0 Å². The normalized spacial score (nSPS) is 26.6. The molecule has 0 radical (unpaired) electrons. The van der Waals surface area contributed by atoms with Crippen molar-refractivity contribution in [3.8, 4) is 0 Å². The number of carbonyl (C=O) groups excluding carboxylic acids is 1. The maximum atomic E-state index is 12.1. The van der Waals surface area contributed by atoms with Gasteiger partial charge in [-0.05, 0) is 32.2 Å². The van der Waals surface area contributed by atoms with Gasteiger partial charge in [0.2, 0.25) is 5.91 Å². The molecule has 3 nitrogen and oxygen atoms in total. The molecule has 0 aromatic heterocycles. The summed E-state index contributed by atoms with van der Waals surface area (Å²) >= 11 is 0. The van der Waals surface area contributed by atoms with Gasteiger partial charge in [-0.15, -0.1) is 12.4 Å². The van der Waals surface area contributed by atoms with Crippen LogP contribution in [0.25, 0.3) is 0 Å². The van der Waals surface area contributed by atoms with Crippen LogP contribution in [0.15, 0.2) is 0 Å². The van der Waals surface area contributed by atoms with Crippen LogP contribution in [0.2, 0.25) is 0 Å². The highest BCUT2D eigenvalue weighted by atomic mass is 35.5. The minimum absolute atomic E-state index is 0. The molecule has 1 saturated heterocycles. The molecule has 2 N–H and O–H groups in total. The summed E-state index contributed by atoms with van der Waals surface area (Å²) in [5.74, 6) is 0.246. The second kappa shape index (κ2) is 8.76. The first-order chi connectivity index (χ1) is 8.36. The zero-order valence-electron chi connectivity index (χ0n) is 11.2. The Morgan fingerprint density at radius 1 is 0.889 bits per heavy atom. The number of hydrogen-bond donors (Lipinski definition) is 2. The van der Waals surface area contributed by atoms with E-state index in [2.05, 4.69) is 10.6 Å². The molecular weight excluding hydrogens is 248 g/mol. The van der Waals surface area contributed by atoms with Crippen molar-refractivity contribution in [1.29, 1.82) is 0 Å². The first kappa shape index (κ1) is 15.8. The number of halogens is 1. The van der Waals surface area contributed by atoms with Gasteiger partial charge in [0.05, 0.1) is 6.04 Å². The summed E-state index contributed by atoms with van der Waals surface area (Å²) in [5, 5.41) is 6.58. The van der Waals surface area contributed by atoms with Gasteiger partial charge >= 0.3 is 0 Å². The van der Waals surface area contributed by atoms with Crippen LogP contribution in [-0.4, -0.2) is 24.5 Å². The number of amides is 1. The first-order valence-electron chi connectivity index (χ1n) is 7.40. The standard InChI is InChI=1S/C14H26N2O.ClH/c17-14(13-10-6-7-11-15-13)16-12-8-4-2-1-3-5-9-12;/h12-13,15H,1-11H2,(H,16,17);1H/t13-;/m1./s1. The molecule has 2 fully saturated rings. The minimum atomic E-state index is 0. The fourth-order valence-electron chi connectivity index (χ4n) is 2.98. The molecule has 2 aliphatic rings. The fourth-order valence-corrected chi connectivity index (χ4v) is 2.98. The molecule has 1 saturated carbocycles. The van der Waals surface area contributed by atoms with Crippen LogP contribution in [0.3, 0.4) is 0 Å². The van der Waals surface area contributed by atoms with Gasteiger partial charge in [0.1, 0.15) is 0 Å². The summed E-state index contributed by atoms with van der Waals surface area (Å²) in [6.07, 6.45) is 12.4. The third-order valence-corrected chi connectivity index (χ3v) is 4.08. The summed E-state index contributed by atoms with van der Waals surface area (Å²) in [5.41, 5.74) is 0. The lowest BCUT2D eigenvalue weighted by Crippen LogP contribution is -2.49. The molecule has 0 bridgehead atoms. The van der Waals surface area contributed by atoms with Crippen molar-refractivity contribution in [2.45, 2.75) is 76.3 Å². The number of carbonyl (C=O) groups is 1. The maximum absolute atomic E-state index is 12.1. The molecule has 18 heavy (non-hydrogen) atoms. The molecule has 1 heterocycles. The lowest BCUT2D eigenvalue weighted by atomic mass is 9.96. The zero-order chi connectivity index (χ0) is 11.9. The second-order valence-electron chi connectivity index (χ2n) is 5.55. The van der Waals surface area contributed by atoms with Crippen molar-refractivity contribution in [2.24, 2.45) is 0 Å². The summed E-state index contributed by atoms with van der Waals surface area (Å²) in [6.45, 7) is 1.00. The third-order valence-electron chi connectivity index (χ3n) is 4.08. The summed E-state index contributed by atoms with van der Waals surface area (Å²) in [6, 6.07) is 0.515. The van der Waals surface area contributed by atoms with E-state index in [-0.39, 0.29) is 24.4 Å². The van der Waals surface area contributed by atoms with Crippen LogP contribution < -0.4 is 10.6 Å². The van der Waals surface area contributed by atoms with Crippen molar-refractivity contribution in [2.75, 3.05) is 6.54 Å². The van der Waals surface area contributed by atoms with Crippen molar-refractivity contribution in [3.05, 3.63) is 0 Å². The second-order valence-corrected chi connectivity index (χ2v) is 5.55. The fraction of sp³-hybridized carbons (Fsp3) is 0.929. The molecule has 0 aromatic rings. The molecule has 1 atom stereocenters. The predicted octanol–water partition coefficient (Wildman–Crippen LogP) is 2.78. The van der Waals surface area contributed by atoms with E-state index < -0.39 is 0 Å². The first-order valence-corrected chi connectivity index (χ1v) is 7.40. The Morgan fingerprint density at radius 2 is 1.50 bits per heavy atom. The van der Waals surface area contributed by atoms with Gasteiger partial charge in [0.15, 0.2) is 0 Å². The molecule has 1 aliphatic carbocycles. The smallest absolute Gasteiger partial charge is 0.237 e. The van der Waals surface area contributed by atoms with Crippen LogP contribution in [-0.2, 0) is 4.79 Å². The van der Waals surface area contributed by atoms with Crippen LogP contribution >= 0.6 is 12.4 Å². The van der Waals surface area contributed by atoms with E-state index in [9.17, 15) is 4.79 Å². The predicted molar refractivity (Wildman–Crippen MR) is 77.1 cm³/mol. The van der Waals surface area contributed by atoms with Gasteiger partial charge < -0.3 is 10.6 Å². The van der Waals surface area contributed by atoms with Gasteiger partial charge in [-0.1, -0.05) is 38.5 Å². The van der Waals surface area contributed by atoms with Gasteiger partial charge in [-0.25, -0.2) is 0 Å². The Morgan fingerprint density at radius 3 is 2.11 bits per heavy atom. The quantitative estimate of drug-likeness (QED) is 0.813. The van der Waals surface area contributed by atoms with E-state index in [4.69, 9.17) is 0 Å². The van der Waals surface area contributed by atoms with Gasteiger partial charge in [0.25, 0.3) is 0 Å². The molecule has 0 aromatic carbocycles. The van der Waals surface area contributed by atoms with Crippen LogP contribution in [0.1, 0.15) is 64.2 Å². The Labute approximate surface area is 117 Å². The van der Waals surface area contributed by atoms with Crippen LogP contribution in [0.4, 0.5) is 0 Å². The van der Waals surface area contributed by atoms with Gasteiger partial charge in [0, 0.05) is 6.04 Å². The molecule has 1 amide bonds. The summed E-state index contributed by atoms with van der Waals surface area (Å²) < 4.78 is 0. The third kappa shape index (κ3) is 5.15. The SMILES string of the molecule is Cl.O=C(NC1CCCCCCC1)[C@H]1CCCCN1. The number of rotatable bonds is 2. The Hall–Kier alpha value is -0.280. The molecular formula is C14H27ClN2O. The number of piperidine rings is 1. The Bertz CT molecular complexity index is 234. The van der Waals surface area contributed by atoms with Crippen LogP contribution in [0, 0.1) is 0 Å². The number of hydrogen-bond acceptors (Lipinski definition) is 2. The van der Waals surface area contributed by atoms with Gasteiger partial charge in [-0.2, -0.15) is 0 Å². The highest BCUT2D eigenvalue weighted by molar-refractivity contribution is 5.85. The van der Waals surface area contributed by atoms with E-state index in [0.29, 0.717) is 6.04 Å². The Kier molecular flexibility index (Phi) is 7.68. The summed E-state index contributed by atoms with van der Waals surface area (Å²) in [4.78, 5) is 12.1. The summed E-state index contributed by atoms with van der Waals surface area (Å²) in [7, 11) is 0. The molecule has 4 heteroatoms. The molecule has 2 rings (SSSR count). The highest BCUT2D eigenvalue weighted by Crippen LogP contribution is 2.17. The highest BCUT2D eigenvalue weighted by Gasteiger charge is 2.22. The maximum Gasteiger partial charge on any atom is 0.237 e. The average molecular weight is 275 g/mol. The van der Waals surface area contributed by atoms with Crippen molar-refractivity contribution < 1.29 is 4.79 Å². The van der Waals surface area contributed by atoms with E-state index in [1.165, 1.54) is 57.8 Å². The lowest BCUT2D eigenvalue weighted by Gasteiger charge is -2.27. The monoisotopic (exact) mass is 274 g/mol. The van der Waals surface area contributed by atoms with Gasteiger partial charge in [-0.3, -0.25) is 4.79 Å². The van der Waals surface area contributed by atoms with Crippen LogP contribution in [0.5, 0.6) is 0 Å². The van der Waals surface area contributed by atoms with E-state index in [1.807, 2.05) is 0 Å². The topological polar surface area (TPSA) is 41.1 Å². The van der Waals surface area contributed by atoms with E-state index in [0.717, 1.165) is 13.0 Å². The molecule has 0 spiro atoms. The lowest BCUT2D eigenvalue weighted by molar-refractivity contribution is -0.124. The molecule has 1 aliphatic heterocycles. The number of nitrogens with one attached hydrogen (secondary N) is 2. The van der Waals surface area contributed by atoms with Crippen molar-refractivity contribution >= 4 is 18.3 Å². The van der Waals surface area contributed by atoms with E-state index >= 15 is 0 Å². The van der Waals surface area contributed by atoms with Crippen molar-refractivity contribution in [1.82, 2.24) is 10.6 Å². The van der Waals surface area contributed by atoms with Crippen molar-refractivity contribution in [3.63, 3.8) is 0 Å². The zero-order valence-corrected chi connectivity index (χ0v) is 12.1. The largest absolute Gasteiger partial charge is 0.352 e. The Balaban J connectivity index is 0.00000162. The average Bonchev–Trinajstić information content (AvgIpc) is 2.33. The minimum Gasteiger partial charge on any atom is -0.352 e. The molecule has 106 valence electrons.